The largest absolute Gasteiger partial charge is 0.481 e. The number of aryl methyl sites for hydroxylation is 1. The third-order valence-electron chi connectivity index (χ3n) is 2.91. The van der Waals surface area contributed by atoms with Crippen molar-refractivity contribution in [1.82, 2.24) is 0 Å². The number of hydrogen-bond acceptors (Lipinski definition) is 3. The Bertz CT molecular complexity index is 475. The fraction of sp³-hybridized carbons (Fsp3) is 0.385. The van der Waals surface area contributed by atoms with E-state index in [9.17, 15) is 4.79 Å². The van der Waals surface area contributed by atoms with Gasteiger partial charge in [0.15, 0.2) is 0 Å². The summed E-state index contributed by atoms with van der Waals surface area (Å²) < 4.78 is 0. The van der Waals surface area contributed by atoms with Gasteiger partial charge < -0.3 is 10.8 Å². The molecule has 0 spiro atoms. The topological polar surface area (TPSA) is 87.1 Å². The summed E-state index contributed by atoms with van der Waals surface area (Å²) in [7, 11) is 0. The van der Waals surface area contributed by atoms with Crippen molar-refractivity contribution >= 4 is 5.97 Å². The van der Waals surface area contributed by atoms with Crippen LogP contribution >= 0.6 is 0 Å². The highest BCUT2D eigenvalue weighted by Crippen LogP contribution is 2.24. The van der Waals surface area contributed by atoms with E-state index in [1.165, 1.54) is 0 Å². The summed E-state index contributed by atoms with van der Waals surface area (Å²) in [6.45, 7) is 3.86. The third kappa shape index (κ3) is 3.30. The summed E-state index contributed by atoms with van der Waals surface area (Å²) in [5.74, 6) is -0.855. The van der Waals surface area contributed by atoms with E-state index in [2.05, 4.69) is 6.07 Å². The van der Waals surface area contributed by atoms with Crippen molar-refractivity contribution < 1.29 is 9.90 Å². The summed E-state index contributed by atoms with van der Waals surface area (Å²) in [5, 5.41) is 17.5. The van der Waals surface area contributed by atoms with E-state index in [0.29, 0.717) is 12.0 Å². The van der Waals surface area contributed by atoms with Gasteiger partial charge in [-0.2, -0.15) is 5.26 Å². The van der Waals surface area contributed by atoms with Gasteiger partial charge in [-0.05, 0) is 49.1 Å². The maximum absolute atomic E-state index is 10.5. The summed E-state index contributed by atoms with van der Waals surface area (Å²) >= 11 is 0. The number of aliphatic carboxylic acids is 1. The second-order valence-electron chi connectivity index (χ2n) is 4.16. The van der Waals surface area contributed by atoms with E-state index in [1.807, 2.05) is 19.9 Å². The molecule has 0 heterocycles. The molecular weight excluding hydrogens is 216 g/mol. The Balaban J connectivity index is 3.00. The Kier molecular flexibility index (Phi) is 4.24. The van der Waals surface area contributed by atoms with Crippen LogP contribution in [0.4, 0.5) is 0 Å². The van der Waals surface area contributed by atoms with Crippen LogP contribution < -0.4 is 5.73 Å². The molecule has 0 saturated heterocycles. The number of carboxylic acids is 1. The van der Waals surface area contributed by atoms with Crippen LogP contribution in [0.5, 0.6) is 0 Å². The normalized spacial score (nSPS) is 11.9. The van der Waals surface area contributed by atoms with Gasteiger partial charge >= 0.3 is 5.97 Å². The molecule has 4 heteroatoms. The molecule has 3 N–H and O–H groups in total. The molecule has 1 rings (SSSR count). The molecule has 0 amide bonds. The van der Waals surface area contributed by atoms with Crippen molar-refractivity contribution in [2.75, 3.05) is 0 Å². The lowest BCUT2D eigenvalue weighted by Crippen LogP contribution is -2.14. The maximum atomic E-state index is 10.5. The Morgan fingerprint density at radius 1 is 1.53 bits per heavy atom. The molecule has 1 unspecified atom stereocenters. The number of carbonyl (C=O) groups is 1. The van der Waals surface area contributed by atoms with Crippen molar-refractivity contribution in [2.24, 2.45) is 5.73 Å². The smallest absolute Gasteiger partial charge is 0.303 e. The van der Waals surface area contributed by atoms with Gasteiger partial charge in [-0.3, -0.25) is 4.79 Å². The van der Waals surface area contributed by atoms with Gasteiger partial charge in [0.1, 0.15) is 0 Å². The lowest BCUT2D eigenvalue weighted by Gasteiger charge is -2.16. The zero-order valence-electron chi connectivity index (χ0n) is 10.0. The minimum atomic E-state index is -0.855. The monoisotopic (exact) mass is 232 g/mol. The number of nitriles is 1. The first kappa shape index (κ1) is 13.2. The molecule has 0 aromatic heterocycles. The molecule has 1 atom stereocenters. The van der Waals surface area contributed by atoms with Gasteiger partial charge in [0.2, 0.25) is 0 Å². The number of hydrogen-bond donors (Lipinski definition) is 2. The Hall–Kier alpha value is -1.86. The fourth-order valence-corrected chi connectivity index (χ4v) is 1.77. The first-order valence-electron chi connectivity index (χ1n) is 5.44. The van der Waals surface area contributed by atoms with Crippen LogP contribution in [-0.4, -0.2) is 11.1 Å². The number of carboxylic acid groups (broad SMARTS) is 1. The molecular formula is C13H16N2O2. The Labute approximate surface area is 101 Å². The van der Waals surface area contributed by atoms with Crippen LogP contribution in [-0.2, 0) is 4.79 Å². The van der Waals surface area contributed by atoms with Gasteiger partial charge in [0.25, 0.3) is 0 Å². The maximum Gasteiger partial charge on any atom is 0.303 e. The molecule has 0 bridgehead atoms. The van der Waals surface area contributed by atoms with Gasteiger partial charge in [-0.25, -0.2) is 0 Å². The van der Waals surface area contributed by atoms with Gasteiger partial charge in [0.05, 0.1) is 11.6 Å². The van der Waals surface area contributed by atoms with E-state index >= 15 is 0 Å². The van der Waals surface area contributed by atoms with Gasteiger partial charge in [-0.1, -0.05) is 0 Å². The van der Waals surface area contributed by atoms with Crippen LogP contribution in [0.25, 0.3) is 0 Å². The van der Waals surface area contributed by atoms with Crippen molar-refractivity contribution in [3.05, 3.63) is 34.4 Å². The molecule has 4 nitrogen and oxygen atoms in total. The molecule has 0 fully saturated rings. The molecule has 0 aliphatic carbocycles. The van der Waals surface area contributed by atoms with Crippen molar-refractivity contribution in [2.45, 2.75) is 32.7 Å². The van der Waals surface area contributed by atoms with Crippen LogP contribution in [0.2, 0.25) is 0 Å². The molecule has 0 saturated carbocycles. The highest BCUT2D eigenvalue weighted by Gasteiger charge is 2.13. The molecule has 1 aromatic carbocycles. The second-order valence-corrected chi connectivity index (χ2v) is 4.16. The SMILES string of the molecule is Cc1cc(C#N)cc(C(N)CCC(=O)O)c1C. The van der Waals surface area contributed by atoms with Crippen LogP contribution in [0, 0.1) is 25.2 Å². The molecule has 90 valence electrons. The van der Waals surface area contributed by atoms with Gasteiger partial charge in [0, 0.05) is 12.5 Å². The first-order valence-corrected chi connectivity index (χ1v) is 5.44. The van der Waals surface area contributed by atoms with Crippen molar-refractivity contribution in [3.8, 4) is 6.07 Å². The summed E-state index contributed by atoms with van der Waals surface area (Å²) in [5.41, 5.74) is 9.43. The molecule has 0 aliphatic heterocycles. The average molecular weight is 232 g/mol. The van der Waals surface area contributed by atoms with E-state index in [-0.39, 0.29) is 12.5 Å². The van der Waals surface area contributed by atoms with Gasteiger partial charge in [-0.15, -0.1) is 0 Å². The van der Waals surface area contributed by atoms with Crippen LogP contribution in [0.3, 0.4) is 0 Å². The van der Waals surface area contributed by atoms with Crippen molar-refractivity contribution in [1.29, 1.82) is 5.26 Å². The zero-order valence-corrected chi connectivity index (χ0v) is 10.0. The second kappa shape index (κ2) is 5.46. The highest BCUT2D eigenvalue weighted by atomic mass is 16.4. The lowest BCUT2D eigenvalue weighted by molar-refractivity contribution is -0.137. The van der Waals surface area contributed by atoms with E-state index in [4.69, 9.17) is 16.1 Å². The summed E-state index contributed by atoms with van der Waals surface area (Å²) in [6.07, 6.45) is 0.418. The predicted molar refractivity (Wildman–Crippen MR) is 64.4 cm³/mol. The van der Waals surface area contributed by atoms with E-state index < -0.39 is 5.97 Å². The van der Waals surface area contributed by atoms with E-state index in [1.54, 1.807) is 6.07 Å². The predicted octanol–water partition coefficient (Wildman–Crippen LogP) is 2.04. The minimum Gasteiger partial charge on any atom is -0.481 e. The van der Waals surface area contributed by atoms with Crippen LogP contribution in [0.1, 0.15) is 41.1 Å². The molecule has 17 heavy (non-hydrogen) atoms. The van der Waals surface area contributed by atoms with Crippen LogP contribution in [0.15, 0.2) is 12.1 Å². The summed E-state index contributed by atoms with van der Waals surface area (Å²) in [6, 6.07) is 5.30. The highest BCUT2D eigenvalue weighted by molar-refractivity contribution is 5.66. The molecule has 0 radical (unpaired) electrons. The fourth-order valence-electron chi connectivity index (χ4n) is 1.77. The Morgan fingerprint density at radius 2 is 2.18 bits per heavy atom. The standard InChI is InChI=1S/C13H16N2O2/c1-8-5-10(7-14)6-11(9(8)2)12(15)3-4-13(16)17/h5-6,12H,3-4,15H2,1-2H3,(H,16,17). The number of nitrogens with zero attached hydrogens (tertiary/aromatic N) is 1. The minimum absolute atomic E-state index is 0.0381. The van der Waals surface area contributed by atoms with E-state index in [0.717, 1.165) is 16.7 Å². The Morgan fingerprint density at radius 3 is 2.71 bits per heavy atom. The van der Waals surface area contributed by atoms with Crippen molar-refractivity contribution in [3.63, 3.8) is 0 Å². The molecule has 1 aromatic rings. The average Bonchev–Trinajstić information content (AvgIpc) is 2.29. The quantitative estimate of drug-likeness (QED) is 0.831. The number of benzene rings is 1. The number of nitrogens with two attached hydrogens (primary N) is 1. The third-order valence-corrected chi connectivity index (χ3v) is 2.91. The summed E-state index contributed by atoms with van der Waals surface area (Å²) in [4.78, 5) is 10.5. The lowest BCUT2D eigenvalue weighted by atomic mass is 9.93. The first-order chi connectivity index (χ1) is 7.95. The zero-order chi connectivity index (χ0) is 13.0. The number of rotatable bonds is 4. The molecule has 0 aliphatic rings.